The summed E-state index contributed by atoms with van der Waals surface area (Å²) >= 11 is 0. The van der Waals surface area contributed by atoms with Crippen molar-refractivity contribution in [2.45, 2.75) is 11.4 Å². The van der Waals surface area contributed by atoms with Crippen molar-refractivity contribution in [1.82, 2.24) is 14.9 Å². The minimum absolute atomic E-state index is 0.0125. The van der Waals surface area contributed by atoms with Gasteiger partial charge in [-0.1, -0.05) is 18.2 Å². The monoisotopic (exact) mass is 485 g/mol. The van der Waals surface area contributed by atoms with Crippen LogP contribution in [0.4, 0.5) is 4.39 Å². The van der Waals surface area contributed by atoms with Crippen molar-refractivity contribution < 1.29 is 27.1 Å². The third kappa shape index (κ3) is 6.63. The van der Waals surface area contributed by atoms with E-state index in [1.165, 1.54) is 62.6 Å². The molecule has 0 bridgehead atoms. The third-order valence-electron chi connectivity index (χ3n) is 4.75. The summed E-state index contributed by atoms with van der Waals surface area (Å²) in [4.78, 5) is 24.5. The Balaban J connectivity index is 1.48. The second-order valence-corrected chi connectivity index (χ2v) is 9.63. The number of hydrogen-bond donors (Lipinski definition) is 2. The van der Waals surface area contributed by atoms with Gasteiger partial charge in [-0.25, -0.2) is 17.1 Å². The Kier molecular flexibility index (Phi) is 7.98. The Morgan fingerprint density at radius 3 is 2.15 bits per heavy atom. The first kappa shape index (κ1) is 24.9. The minimum atomic E-state index is -3.68. The molecule has 0 atom stereocenters. The Labute approximate surface area is 197 Å². The topological polar surface area (TPSA) is 105 Å². The molecule has 0 aliphatic heterocycles. The minimum Gasteiger partial charge on any atom is -0.457 e. The number of hydrogen-bond acceptors (Lipinski definition) is 5. The fourth-order valence-electron chi connectivity index (χ4n) is 2.85. The van der Waals surface area contributed by atoms with Crippen molar-refractivity contribution in [2.24, 2.45) is 0 Å². The van der Waals surface area contributed by atoms with Crippen molar-refractivity contribution in [1.29, 1.82) is 0 Å². The Bertz CT molecular complexity index is 1260. The molecule has 0 unspecified atom stereocenters. The lowest BCUT2D eigenvalue weighted by molar-refractivity contribution is -0.120. The molecule has 3 aromatic carbocycles. The van der Waals surface area contributed by atoms with Crippen LogP contribution in [-0.2, 0) is 21.4 Å². The lowest BCUT2D eigenvalue weighted by Crippen LogP contribution is -2.36. The van der Waals surface area contributed by atoms with Gasteiger partial charge in [-0.3, -0.25) is 9.59 Å². The molecule has 2 N–H and O–H groups in total. The van der Waals surface area contributed by atoms with Crippen molar-refractivity contribution in [3.8, 4) is 11.5 Å². The maximum atomic E-state index is 13.0. The number of benzene rings is 3. The number of amides is 2. The average molecular weight is 486 g/mol. The molecule has 0 heterocycles. The average Bonchev–Trinajstić information content (AvgIpc) is 2.83. The first-order chi connectivity index (χ1) is 16.1. The van der Waals surface area contributed by atoms with E-state index < -0.39 is 21.8 Å². The lowest BCUT2D eigenvalue weighted by atomic mass is 10.2. The van der Waals surface area contributed by atoms with Gasteiger partial charge >= 0.3 is 0 Å². The molecule has 10 heteroatoms. The fraction of sp³-hybridized carbons (Fsp3) is 0.167. The molecule has 0 aliphatic rings. The van der Waals surface area contributed by atoms with Gasteiger partial charge in [0.05, 0.1) is 11.4 Å². The van der Waals surface area contributed by atoms with Gasteiger partial charge in [0.1, 0.15) is 17.3 Å². The van der Waals surface area contributed by atoms with E-state index >= 15 is 0 Å². The second-order valence-electron chi connectivity index (χ2n) is 7.47. The molecule has 3 rings (SSSR count). The van der Waals surface area contributed by atoms with Gasteiger partial charge in [-0.15, -0.1) is 0 Å². The number of nitrogens with one attached hydrogen (secondary N) is 2. The molecule has 2 amide bonds. The molecular formula is C24H24FN3O5S. The zero-order valence-corrected chi connectivity index (χ0v) is 19.4. The van der Waals surface area contributed by atoms with E-state index in [0.717, 1.165) is 9.87 Å². The van der Waals surface area contributed by atoms with Crippen LogP contribution in [-0.4, -0.2) is 45.2 Å². The molecule has 178 valence electrons. The zero-order valence-electron chi connectivity index (χ0n) is 18.6. The normalized spacial score (nSPS) is 11.2. The first-order valence-corrected chi connectivity index (χ1v) is 11.7. The number of halogens is 1. The van der Waals surface area contributed by atoms with E-state index in [0.29, 0.717) is 11.5 Å². The molecule has 0 aromatic heterocycles. The summed E-state index contributed by atoms with van der Waals surface area (Å²) in [6.07, 6.45) is 0. The lowest BCUT2D eigenvalue weighted by Gasteiger charge is -2.12. The first-order valence-electron chi connectivity index (χ1n) is 10.2. The number of sulfonamides is 1. The van der Waals surface area contributed by atoms with Gasteiger partial charge in [0.15, 0.2) is 0 Å². The summed E-state index contributed by atoms with van der Waals surface area (Å²) in [5, 5.41) is 5.17. The summed E-state index contributed by atoms with van der Waals surface area (Å²) in [5.41, 5.74) is 0.945. The molecule has 3 aromatic rings. The van der Waals surface area contributed by atoms with Crippen LogP contribution in [0.2, 0.25) is 0 Å². The van der Waals surface area contributed by atoms with Gasteiger partial charge in [-0.2, -0.15) is 0 Å². The summed E-state index contributed by atoms with van der Waals surface area (Å²) in [5.74, 6) is -0.249. The quantitative estimate of drug-likeness (QED) is 0.485. The molecule has 0 fully saturated rings. The molecule has 0 spiro atoms. The van der Waals surface area contributed by atoms with Crippen LogP contribution in [0.25, 0.3) is 0 Å². The van der Waals surface area contributed by atoms with E-state index in [2.05, 4.69) is 10.6 Å². The molecule has 0 saturated heterocycles. The highest BCUT2D eigenvalue weighted by atomic mass is 32.2. The maximum Gasteiger partial charge on any atom is 0.251 e. The van der Waals surface area contributed by atoms with Crippen molar-refractivity contribution in [2.75, 3.05) is 20.6 Å². The maximum absolute atomic E-state index is 13.0. The van der Waals surface area contributed by atoms with Crippen LogP contribution in [0.5, 0.6) is 11.5 Å². The molecule has 34 heavy (non-hydrogen) atoms. The van der Waals surface area contributed by atoms with Gasteiger partial charge < -0.3 is 15.4 Å². The van der Waals surface area contributed by atoms with E-state index in [4.69, 9.17) is 4.74 Å². The molecular weight excluding hydrogens is 461 g/mol. The Morgan fingerprint density at radius 1 is 0.912 bits per heavy atom. The van der Waals surface area contributed by atoms with E-state index in [1.807, 2.05) is 0 Å². The van der Waals surface area contributed by atoms with Crippen molar-refractivity contribution in [3.05, 3.63) is 89.7 Å². The largest absolute Gasteiger partial charge is 0.457 e. The number of nitrogens with zero attached hydrogens (tertiary/aromatic N) is 1. The highest BCUT2D eigenvalue weighted by Gasteiger charge is 2.19. The highest BCUT2D eigenvalue weighted by molar-refractivity contribution is 7.89. The van der Waals surface area contributed by atoms with Crippen LogP contribution in [0.15, 0.2) is 77.7 Å². The number of rotatable bonds is 9. The Hall–Kier alpha value is -3.76. The van der Waals surface area contributed by atoms with Gasteiger partial charge in [0, 0.05) is 26.2 Å². The van der Waals surface area contributed by atoms with Gasteiger partial charge in [0.25, 0.3) is 5.91 Å². The highest BCUT2D eigenvalue weighted by Crippen LogP contribution is 2.21. The molecule has 0 aliphatic carbocycles. The van der Waals surface area contributed by atoms with Gasteiger partial charge in [-0.05, 0) is 60.2 Å². The van der Waals surface area contributed by atoms with Crippen LogP contribution in [0, 0.1) is 5.82 Å². The fourth-order valence-corrected chi connectivity index (χ4v) is 3.80. The number of ether oxygens (including phenoxy) is 1. The van der Waals surface area contributed by atoms with E-state index in [1.54, 1.807) is 24.3 Å². The third-order valence-corrected chi connectivity index (χ3v) is 6.56. The summed E-state index contributed by atoms with van der Waals surface area (Å²) in [7, 11) is -0.873. The molecule has 0 radical (unpaired) electrons. The number of carbonyl (C=O) groups is 2. The number of carbonyl (C=O) groups excluding carboxylic acids is 2. The Morgan fingerprint density at radius 2 is 1.53 bits per heavy atom. The van der Waals surface area contributed by atoms with Gasteiger partial charge in [0.2, 0.25) is 15.9 Å². The predicted molar refractivity (Wildman–Crippen MR) is 124 cm³/mol. The van der Waals surface area contributed by atoms with E-state index in [-0.39, 0.29) is 29.4 Å². The summed E-state index contributed by atoms with van der Waals surface area (Å²) in [6, 6.07) is 18.2. The SMILES string of the molecule is CN(C)S(=O)(=O)c1cccc(C(=O)NCC(=O)NCc2ccc(Oc3ccc(F)cc3)cc2)c1. The summed E-state index contributed by atoms with van der Waals surface area (Å²) < 4.78 is 44.1. The molecule has 0 saturated carbocycles. The second kappa shape index (κ2) is 10.9. The smallest absolute Gasteiger partial charge is 0.251 e. The molecule has 8 nitrogen and oxygen atoms in total. The van der Waals surface area contributed by atoms with Crippen LogP contribution >= 0.6 is 0 Å². The summed E-state index contributed by atoms with van der Waals surface area (Å²) in [6.45, 7) is -0.0304. The predicted octanol–water partition coefficient (Wildman–Crippen LogP) is 2.91. The van der Waals surface area contributed by atoms with Crippen molar-refractivity contribution in [3.63, 3.8) is 0 Å². The van der Waals surface area contributed by atoms with Crippen LogP contribution in [0.3, 0.4) is 0 Å². The standard InChI is InChI=1S/C24H24FN3O5S/c1-28(2)34(31,32)22-5-3-4-18(14-22)24(30)27-16-23(29)26-15-17-6-10-20(11-7-17)33-21-12-8-19(25)9-13-21/h3-14H,15-16H2,1-2H3,(H,26,29)(H,27,30). The van der Waals surface area contributed by atoms with Crippen LogP contribution < -0.4 is 15.4 Å². The van der Waals surface area contributed by atoms with Crippen LogP contribution in [0.1, 0.15) is 15.9 Å². The van der Waals surface area contributed by atoms with E-state index in [9.17, 15) is 22.4 Å². The zero-order chi connectivity index (χ0) is 24.7. The van der Waals surface area contributed by atoms with Crippen molar-refractivity contribution >= 4 is 21.8 Å².